The number of nitrogens with zero attached hydrogens (tertiary/aromatic N) is 2. The Kier molecular flexibility index (Phi) is 2.64. The Morgan fingerprint density at radius 3 is 2.79 bits per heavy atom. The normalized spacial score (nSPS) is 10.4. The van der Waals surface area contributed by atoms with Crippen molar-refractivity contribution in [2.24, 2.45) is 0 Å². The molecule has 0 aliphatic heterocycles. The average Bonchev–Trinajstić information content (AvgIpc) is 2.48. The summed E-state index contributed by atoms with van der Waals surface area (Å²) < 4.78 is 2.59. The van der Waals surface area contributed by atoms with Crippen molar-refractivity contribution in [1.82, 2.24) is 9.78 Å². The maximum atomic E-state index is 5.87. The zero-order valence-corrected chi connectivity index (χ0v) is 10.0. The molecule has 0 spiro atoms. The third-order valence-electron chi connectivity index (χ3n) is 1.81. The first kappa shape index (κ1) is 9.79. The van der Waals surface area contributed by atoms with Gasteiger partial charge in [-0.1, -0.05) is 17.7 Å². The number of benzene rings is 1. The molecular formula is C9H7ClIN3. The van der Waals surface area contributed by atoms with Crippen LogP contribution in [0.1, 0.15) is 0 Å². The van der Waals surface area contributed by atoms with Gasteiger partial charge in [0, 0.05) is 5.02 Å². The van der Waals surface area contributed by atoms with Crippen molar-refractivity contribution in [3.8, 4) is 5.69 Å². The van der Waals surface area contributed by atoms with E-state index < -0.39 is 0 Å². The summed E-state index contributed by atoms with van der Waals surface area (Å²) in [5.41, 5.74) is 6.71. The van der Waals surface area contributed by atoms with E-state index in [1.807, 2.05) is 24.3 Å². The van der Waals surface area contributed by atoms with E-state index in [0.717, 1.165) is 9.26 Å². The standard InChI is InChI=1S/C9H7ClIN3/c10-6-2-1-3-7(4-6)14-9(12)8(11)5-13-14/h1-5H,12H2. The molecule has 0 radical (unpaired) electrons. The van der Waals surface area contributed by atoms with Gasteiger partial charge >= 0.3 is 0 Å². The van der Waals surface area contributed by atoms with Crippen LogP contribution in [0.5, 0.6) is 0 Å². The summed E-state index contributed by atoms with van der Waals surface area (Å²) >= 11 is 8.01. The molecule has 2 aromatic rings. The Labute approximate surface area is 100 Å². The van der Waals surface area contributed by atoms with E-state index in [-0.39, 0.29) is 0 Å². The van der Waals surface area contributed by atoms with Crippen LogP contribution >= 0.6 is 34.2 Å². The summed E-state index contributed by atoms with van der Waals surface area (Å²) in [6, 6.07) is 7.41. The Morgan fingerprint density at radius 2 is 2.21 bits per heavy atom. The molecule has 0 amide bonds. The minimum absolute atomic E-state index is 0.632. The zero-order valence-electron chi connectivity index (χ0n) is 7.11. The van der Waals surface area contributed by atoms with Gasteiger partial charge in [-0.25, -0.2) is 4.68 Å². The SMILES string of the molecule is Nc1c(I)cnn1-c1cccc(Cl)c1. The molecule has 0 saturated carbocycles. The minimum atomic E-state index is 0.632. The summed E-state index contributed by atoms with van der Waals surface area (Å²) in [4.78, 5) is 0. The molecule has 0 aliphatic carbocycles. The molecule has 1 aromatic carbocycles. The van der Waals surface area contributed by atoms with E-state index >= 15 is 0 Å². The molecule has 0 aliphatic rings. The summed E-state index contributed by atoms with van der Waals surface area (Å²) in [5, 5.41) is 4.83. The van der Waals surface area contributed by atoms with Crippen LogP contribution in [0, 0.1) is 3.57 Å². The monoisotopic (exact) mass is 319 g/mol. The lowest BCUT2D eigenvalue weighted by molar-refractivity contribution is 0.891. The molecule has 0 atom stereocenters. The number of halogens is 2. The molecule has 1 heterocycles. The summed E-state index contributed by atoms with van der Waals surface area (Å²) in [6.45, 7) is 0. The Morgan fingerprint density at radius 1 is 1.43 bits per heavy atom. The quantitative estimate of drug-likeness (QED) is 0.821. The molecule has 5 heteroatoms. The van der Waals surface area contributed by atoms with Gasteiger partial charge in [0.1, 0.15) is 5.82 Å². The van der Waals surface area contributed by atoms with Crippen LogP contribution in [0.15, 0.2) is 30.5 Å². The maximum absolute atomic E-state index is 5.87. The molecule has 0 unspecified atom stereocenters. The molecule has 1 aromatic heterocycles. The lowest BCUT2D eigenvalue weighted by Gasteiger charge is -2.03. The van der Waals surface area contributed by atoms with E-state index in [2.05, 4.69) is 27.7 Å². The van der Waals surface area contributed by atoms with Crippen LogP contribution in [0.4, 0.5) is 5.82 Å². The highest BCUT2D eigenvalue weighted by Gasteiger charge is 2.06. The predicted molar refractivity (Wildman–Crippen MR) is 65.7 cm³/mol. The van der Waals surface area contributed by atoms with Crippen LogP contribution in [-0.4, -0.2) is 9.78 Å². The largest absolute Gasteiger partial charge is 0.383 e. The molecular weight excluding hydrogens is 312 g/mol. The number of hydrogen-bond acceptors (Lipinski definition) is 2. The highest BCUT2D eigenvalue weighted by molar-refractivity contribution is 14.1. The topological polar surface area (TPSA) is 43.8 Å². The van der Waals surface area contributed by atoms with Crippen molar-refractivity contribution < 1.29 is 0 Å². The first-order chi connectivity index (χ1) is 6.68. The lowest BCUT2D eigenvalue weighted by Crippen LogP contribution is -2.01. The molecule has 3 nitrogen and oxygen atoms in total. The van der Waals surface area contributed by atoms with Crippen LogP contribution in [0.2, 0.25) is 5.02 Å². The fourth-order valence-corrected chi connectivity index (χ4v) is 1.69. The number of nitrogen functional groups attached to an aromatic ring is 1. The van der Waals surface area contributed by atoms with Gasteiger partial charge in [-0.3, -0.25) is 0 Å². The molecule has 14 heavy (non-hydrogen) atoms. The van der Waals surface area contributed by atoms with Crippen LogP contribution < -0.4 is 5.73 Å². The van der Waals surface area contributed by atoms with E-state index in [1.54, 1.807) is 10.9 Å². The molecule has 0 bridgehead atoms. The van der Waals surface area contributed by atoms with Gasteiger partial charge in [0.25, 0.3) is 0 Å². The van der Waals surface area contributed by atoms with Gasteiger partial charge in [-0.05, 0) is 40.8 Å². The molecule has 0 fully saturated rings. The van der Waals surface area contributed by atoms with Gasteiger partial charge < -0.3 is 5.73 Å². The van der Waals surface area contributed by atoms with Crippen molar-refractivity contribution in [3.05, 3.63) is 39.1 Å². The Hall–Kier alpha value is -0.750. The van der Waals surface area contributed by atoms with Gasteiger partial charge in [-0.2, -0.15) is 5.10 Å². The minimum Gasteiger partial charge on any atom is -0.383 e. The van der Waals surface area contributed by atoms with E-state index in [0.29, 0.717) is 10.8 Å². The highest BCUT2D eigenvalue weighted by Crippen LogP contribution is 2.20. The molecule has 0 saturated heterocycles. The van der Waals surface area contributed by atoms with E-state index in [9.17, 15) is 0 Å². The second-order valence-electron chi connectivity index (χ2n) is 2.77. The first-order valence-corrected chi connectivity index (χ1v) is 5.39. The average molecular weight is 320 g/mol. The fourth-order valence-electron chi connectivity index (χ4n) is 1.15. The number of aromatic nitrogens is 2. The van der Waals surface area contributed by atoms with Crippen molar-refractivity contribution in [1.29, 1.82) is 0 Å². The molecule has 72 valence electrons. The fraction of sp³-hybridized carbons (Fsp3) is 0. The van der Waals surface area contributed by atoms with Crippen LogP contribution in [0.25, 0.3) is 5.69 Å². The summed E-state index contributed by atoms with van der Waals surface area (Å²) in [5.74, 6) is 0.632. The Balaban J connectivity index is 2.55. The second kappa shape index (κ2) is 3.78. The number of nitrogens with two attached hydrogens (primary N) is 1. The lowest BCUT2D eigenvalue weighted by atomic mass is 10.3. The highest BCUT2D eigenvalue weighted by atomic mass is 127. The smallest absolute Gasteiger partial charge is 0.140 e. The van der Waals surface area contributed by atoms with Gasteiger partial charge in [0.15, 0.2) is 0 Å². The zero-order chi connectivity index (χ0) is 10.1. The third kappa shape index (κ3) is 1.72. The van der Waals surface area contributed by atoms with Gasteiger partial charge in [-0.15, -0.1) is 0 Å². The van der Waals surface area contributed by atoms with E-state index in [4.69, 9.17) is 17.3 Å². The maximum Gasteiger partial charge on any atom is 0.140 e. The van der Waals surface area contributed by atoms with Crippen LogP contribution in [-0.2, 0) is 0 Å². The van der Waals surface area contributed by atoms with Crippen molar-refractivity contribution >= 4 is 40.0 Å². The molecule has 2 N–H and O–H groups in total. The Bertz CT molecular complexity index is 467. The number of rotatable bonds is 1. The summed E-state index contributed by atoms with van der Waals surface area (Å²) in [7, 11) is 0. The van der Waals surface area contributed by atoms with Gasteiger partial charge in [0.05, 0.1) is 15.5 Å². The van der Waals surface area contributed by atoms with E-state index in [1.165, 1.54) is 0 Å². The number of anilines is 1. The summed E-state index contributed by atoms with van der Waals surface area (Å²) in [6.07, 6.45) is 1.72. The first-order valence-electron chi connectivity index (χ1n) is 3.93. The number of hydrogen-bond donors (Lipinski definition) is 1. The predicted octanol–water partition coefficient (Wildman–Crippen LogP) is 2.71. The molecule has 2 rings (SSSR count). The second-order valence-corrected chi connectivity index (χ2v) is 4.37. The van der Waals surface area contributed by atoms with Gasteiger partial charge in [0.2, 0.25) is 0 Å². The van der Waals surface area contributed by atoms with Crippen molar-refractivity contribution in [2.45, 2.75) is 0 Å². The third-order valence-corrected chi connectivity index (χ3v) is 2.88. The van der Waals surface area contributed by atoms with Crippen molar-refractivity contribution in [3.63, 3.8) is 0 Å². The van der Waals surface area contributed by atoms with Crippen LogP contribution in [0.3, 0.4) is 0 Å². The van der Waals surface area contributed by atoms with Crippen molar-refractivity contribution in [2.75, 3.05) is 5.73 Å².